The molecule has 0 spiro atoms. The number of benzene rings is 2. The number of methoxy groups -OCH3 is 1. The third-order valence-corrected chi connectivity index (χ3v) is 6.73. The molecular formula is C22H22N4O5S. The number of nitrogens with one attached hydrogen (secondary N) is 2. The molecule has 0 radical (unpaired) electrons. The molecule has 10 heteroatoms. The first-order valence-electron chi connectivity index (χ1n) is 9.78. The lowest BCUT2D eigenvalue weighted by Gasteiger charge is -2.07. The average molecular weight is 455 g/mol. The summed E-state index contributed by atoms with van der Waals surface area (Å²) in [6.07, 6.45) is 3.52. The van der Waals surface area contributed by atoms with E-state index in [-0.39, 0.29) is 23.8 Å². The molecule has 0 saturated carbocycles. The Balaban J connectivity index is 1.75. The van der Waals surface area contributed by atoms with Crippen LogP contribution in [0.15, 0.2) is 47.5 Å². The summed E-state index contributed by atoms with van der Waals surface area (Å²) in [6, 6.07) is 10.1. The molecule has 1 aliphatic rings. The molecule has 32 heavy (non-hydrogen) atoms. The summed E-state index contributed by atoms with van der Waals surface area (Å²) in [7, 11) is -0.385. The van der Waals surface area contributed by atoms with E-state index in [0.29, 0.717) is 22.6 Å². The van der Waals surface area contributed by atoms with Crippen molar-refractivity contribution < 1.29 is 22.7 Å². The maximum Gasteiger partial charge on any atom is 0.256 e. The topological polar surface area (TPSA) is 133 Å². The number of rotatable bonds is 7. The predicted molar refractivity (Wildman–Crippen MR) is 121 cm³/mol. The number of hydrogen-bond acceptors (Lipinski definition) is 5. The number of ether oxygens (including phenoxy) is 1. The maximum absolute atomic E-state index is 12.7. The van der Waals surface area contributed by atoms with Crippen LogP contribution in [0.5, 0.6) is 5.75 Å². The van der Waals surface area contributed by atoms with Crippen LogP contribution in [0, 0.1) is 0 Å². The summed E-state index contributed by atoms with van der Waals surface area (Å²) < 4.78 is 34.8. The van der Waals surface area contributed by atoms with Gasteiger partial charge in [-0.25, -0.2) is 13.1 Å². The quantitative estimate of drug-likeness (QED) is 0.469. The highest BCUT2D eigenvalue weighted by Gasteiger charge is 2.27. The molecule has 1 aliphatic heterocycles. The summed E-state index contributed by atoms with van der Waals surface area (Å²) in [5.41, 5.74) is 8.18. The molecule has 0 atom stereocenters. The lowest BCUT2D eigenvalue weighted by atomic mass is 10.0. The number of primary amides is 1. The van der Waals surface area contributed by atoms with Crippen molar-refractivity contribution in [2.45, 2.75) is 11.3 Å². The Labute approximate surface area is 184 Å². The van der Waals surface area contributed by atoms with Crippen LogP contribution < -0.4 is 20.5 Å². The summed E-state index contributed by atoms with van der Waals surface area (Å²) in [5.74, 6) is -0.237. The molecule has 2 amide bonds. The molecule has 4 rings (SSSR count). The number of carbonyl (C=O) groups is 2. The Morgan fingerprint density at radius 3 is 2.75 bits per heavy atom. The fraction of sp³-hybridized carbons (Fsp3) is 0.182. The zero-order valence-corrected chi connectivity index (χ0v) is 18.3. The fourth-order valence-electron chi connectivity index (χ4n) is 3.67. The molecule has 0 bridgehead atoms. The summed E-state index contributed by atoms with van der Waals surface area (Å²) in [6.45, 7) is -0.105. The number of aromatic nitrogens is 1. The number of anilines is 1. The fourth-order valence-corrected chi connectivity index (χ4v) is 4.73. The van der Waals surface area contributed by atoms with Gasteiger partial charge in [-0.15, -0.1) is 0 Å². The number of hydrogen-bond donors (Lipinski definition) is 3. The minimum atomic E-state index is -3.88. The van der Waals surface area contributed by atoms with E-state index in [0.717, 1.165) is 16.5 Å². The third kappa shape index (κ3) is 3.97. The van der Waals surface area contributed by atoms with Crippen molar-refractivity contribution in [1.29, 1.82) is 0 Å². The lowest BCUT2D eigenvalue weighted by Crippen LogP contribution is -2.28. The van der Waals surface area contributed by atoms with Crippen LogP contribution in [0.3, 0.4) is 0 Å². The molecule has 3 aromatic rings. The van der Waals surface area contributed by atoms with Crippen LogP contribution >= 0.6 is 0 Å². The number of fused-ring (bicyclic) bond motifs is 2. The van der Waals surface area contributed by atoms with Crippen LogP contribution in [-0.4, -0.2) is 38.5 Å². The molecular weight excluding hydrogens is 432 g/mol. The predicted octanol–water partition coefficient (Wildman–Crippen LogP) is 1.83. The van der Waals surface area contributed by atoms with Gasteiger partial charge in [0.2, 0.25) is 15.9 Å². The normalized spacial score (nSPS) is 14.6. The zero-order valence-electron chi connectivity index (χ0n) is 17.5. The minimum Gasteiger partial charge on any atom is -0.497 e. The number of aryl methyl sites for hydroxylation is 1. The summed E-state index contributed by atoms with van der Waals surface area (Å²) in [4.78, 5) is 23.6. The highest BCUT2D eigenvalue weighted by Crippen LogP contribution is 2.36. The summed E-state index contributed by atoms with van der Waals surface area (Å²) in [5, 5.41) is 3.67. The lowest BCUT2D eigenvalue weighted by molar-refractivity contribution is -0.117. The monoisotopic (exact) mass is 454 g/mol. The van der Waals surface area contributed by atoms with Gasteiger partial charge in [-0.1, -0.05) is 0 Å². The van der Waals surface area contributed by atoms with Gasteiger partial charge in [0.25, 0.3) is 5.91 Å². The molecule has 0 fully saturated rings. The first-order valence-corrected chi connectivity index (χ1v) is 11.3. The second kappa shape index (κ2) is 8.13. The van der Waals surface area contributed by atoms with E-state index >= 15 is 0 Å². The maximum atomic E-state index is 12.7. The molecule has 0 saturated heterocycles. The van der Waals surface area contributed by atoms with Gasteiger partial charge in [0.15, 0.2) is 0 Å². The number of nitrogens with two attached hydrogens (primary N) is 1. The molecule has 0 unspecified atom stereocenters. The summed E-state index contributed by atoms with van der Waals surface area (Å²) >= 11 is 0. The molecule has 2 heterocycles. The SMILES string of the molecule is COc1ccc2c(c1)c(/C=C1\C(=O)Nc3ccc(S(=O)(=O)NCCC(N)=O)cc31)cn2C. The average Bonchev–Trinajstić information content (AvgIpc) is 3.23. The van der Waals surface area contributed by atoms with Crippen molar-refractivity contribution in [2.75, 3.05) is 19.0 Å². The van der Waals surface area contributed by atoms with Gasteiger partial charge in [0, 0.05) is 59.5 Å². The van der Waals surface area contributed by atoms with E-state index in [4.69, 9.17) is 10.5 Å². The molecule has 2 aromatic carbocycles. The van der Waals surface area contributed by atoms with Gasteiger partial charge in [0.1, 0.15) is 5.75 Å². The van der Waals surface area contributed by atoms with Crippen LogP contribution in [-0.2, 0) is 26.7 Å². The van der Waals surface area contributed by atoms with E-state index < -0.39 is 15.9 Å². The largest absolute Gasteiger partial charge is 0.497 e. The number of sulfonamides is 1. The van der Waals surface area contributed by atoms with Crippen LogP contribution in [0.4, 0.5) is 5.69 Å². The Bertz CT molecular complexity index is 1390. The van der Waals surface area contributed by atoms with Gasteiger partial charge in [-0.2, -0.15) is 0 Å². The van der Waals surface area contributed by atoms with Gasteiger partial charge in [0.05, 0.1) is 12.0 Å². The van der Waals surface area contributed by atoms with Crippen LogP contribution in [0.25, 0.3) is 22.6 Å². The van der Waals surface area contributed by atoms with Crippen molar-refractivity contribution in [1.82, 2.24) is 9.29 Å². The molecule has 166 valence electrons. The second-order valence-electron chi connectivity index (χ2n) is 7.41. The third-order valence-electron chi connectivity index (χ3n) is 5.28. The zero-order chi connectivity index (χ0) is 23.0. The highest BCUT2D eigenvalue weighted by atomic mass is 32.2. The van der Waals surface area contributed by atoms with Crippen molar-refractivity contribution in [2.24, 2.45) is 12.8 Å². The Morgan fingerprint density at radius 2 is 2.03 bits per heavy atom. The van der Waals surface area contributed by atoms with E-state index in [1.54, 1.807) is 19.3 Å². The first kappa shape index (κ1) is 21.6. The highest BCUT2D eigenvalue weighted by molar-refractivity contribution is 7.89. The Hall–Kier alpha value is -3.63. The van der Waals surface area contributed by atoms with Crippen molar-refractivity contribution in [3.05, 3.63) is 53.7 Å². The smallest absolute Gasteiger partial charge is 0.256 e. The van der Waals surface area contributed by atoms with E-state index in [9.17, 15) is 18.0 Å². The van der Waals surface area contributed by atoms with Crippen molar-refractivity contribution in [3.63, 3.8) is 0 Å². The molecule has 9 nitrogen and oxygen atoms in total. The van der Waals surface area contributed by atoms with Crippen LogP contribution in [0.1, 0.15) is 17.5 Å². The molecule has 4 N–H and O–H groups in total. The Morgan fingerprint density at radius 1 is 1.25 bits per heavy atom. The number of carbonyl (C=O) groups excluding carboxylic acids is 2. The standard InChI is InChI=1S/C22H22N4O5S/c1-26-12-13(16-10-14(31-2)3-6-20(16)26)9-18-17-11-15(4-5-19(17)25-22(18)28)32(29,30)24-8-7-21(23)27/h3-6,9-12,24H,7-8H2,1-2H3,(H2,23,27)(H,25,28)/b18-9-. The van der Waals surface area contributed by atoms with Gasteiger partial charge >= 0.3 is 0 Å². The van der Waals surface area contributed by atoms with Gasteiger partial charge < -0.3 is 20.4 Å². The first-order chi connectivity index (χ1) is 15.2. The number of nitrogens with zero attached hydrogens (tertiary/aromatic N) is 1. The van der Waals surface area contributed by atoms with Gasteiger partial charge in [-0.05, 0) is 42.5 Å². The van der Waals surface area contributed by atoms with E-state index in [2.05, 4.69) is 10.0 Å². The van der Waals surface area contributed by atoms with Gasteiger partial charge in [-0.3, -0.25) is 9.59 Å². The Kier molecular flexibility index (Phi) is 5.49. The van der Waals surface area contributed by atoms with E-state index in [1.807, 2.05) is 36.0 Å². The van der Waals surface area contributed by atoms with E-state index in [1.165, 1.54) is 12.1 Å². The molecule has 0 aliphatic carbocycles. The van der Waals surface area contributed by atoms with Crippen molar-refractivity contribution >= 4 is 50.1 Å². The molecule has 1 aromatic heterocycles. The minimum absolute atomic E-state index is 0.0114. The second-order valence-corrected chi connectivity index (χ2v) is 9.18. The number of amides is 2. The van der Waals surface area contributed by atoms with Crippen molar-refractivity contribution in [3.8, 4) is 5.75 Å². The van der Waals surface area contributed by atoms with Crippen LogP contribution in [0.2, 0.25) is 0 Å².